The maximum atomic E-state index is 13.0. The summed E-state index contributed by atoms with van der Waals surface area (Å²) in [5, 5.41) is 2.15. The minimum atomic E-state index is -4.66. The van der Waals surface area contributed by atoms with Gasteiger partial charge in [0.15, 0.2) is 6.04 Å². The van der Waals surface area contributed by atoms with E-state index in [1.807, 2.05) is 5.32 Å². The van der Waals surface area contributed by atoms with E-state index in [1.165, 1.54) is 24.3 Å². The lowest BCUT2D eigenvalue weighted by atomic mass is 10.1. The first-order valence-corrected chi connectivity index (χ1v) is 6.30. The van der Waals surface area contributed by atoms with E-state index in [4.69, 9.17) is 11.6 Å². The van der Waals surface area contributed by atoms with E-state index in [0.717, 1.165) is 7.11 Å². The highest BCUT2D eigenvalue weighted by atomic mass is 35.5. The standard InChI is InChI=1S/C13H13ClF3NO3/c1-21-11(20)7-6-10(19)18-12(13(15,16)17)8-2-4-9(14)5-3-8/h2-5,12H,6-7H2,1H3,(H,18,19)/t12-/m0/s1. The summed E-state index contributed by atoms with van der Waals surface area (Å²) in [4.78, 5) is 22.4. The Bertz CT molecular complexity index is 502. The van der Waals surface area contributed by atoms with Crippen LogP contribution in [0.1, 0.15) is 24.4 Å². The van der Waals surface area contributed by atoms with E-state index < -0.39 is 24.1 Å². The molecule has 116 valence electrons. The molecule has 0 saturated heterocycles. The molecule has 1 aromatic rings. The van der Waals surface area contributed by atoms with E-state index in [9.17, 15) is 22.8 Å². The number of rotatable bonds is 5. The lowest BCUT2D eigenvalue weighted by molar-refractivity contribution is -0.163. The van der Waals surface area contributed by atoms with Crippen LogP contribution < -0.4 is 5.32 Å². The van der Waals surface area contributed by atoms with Crippen LogP contribution in [0.25, 0.3) is 0 Å². The number of benzene rings is 1. The molecule has 0 fully saturated rings. The highest BCUT2D eigenvalue weighted by Crippen LogP contribution is 2.33. The van der Waals surface area contributed by atoms with Gasteiger partial charge in [-0.2, -0.15) is 13.2 Å². The Hall–Kier alpha value is -1.76. The highest BCUT2D eigenvalue weighted by Gasteiger charge is 2.41. The number of esters is 1. The van der Waals surface area contributed by atoms with Crippen molar-refractivity contribution in [3.63, 3.8) is 0 Å². The van der Waals surface area contributed by atoms with E-state index in [0.29, 0.717) is 0 Å². The second-order valence-corrected chi connectivity index (χ2v) is 4.61. The molecule has 21 heavy (non-hydrogen) atoms. The number of hydrogen-bond acceptors (Lipinski definition) is 3. The number of hydrogen-bond donors (Lipinski definition) is 1. The van der Waals surface area contributed by atoms with Crippen LogP contribution in [0.3, 0.4) is 0 Å². The summed E-state index contributed by atoms with van der Waals surface area (Å²) in [6, 6.07) is 2.81. The first-order valence-electron chi connectivity index (χ1n) is 5.92. The Kier molecular flexibility index (Phi) is 6.02. The first kappa shape index (κ1) is 17.3. The number of alkyl halides is 3. The largest absolute Gasteiger partial charge is 0.469 e. The molecule has 0 radical (unpaired) electrons. The SMILES string of the molecule is COC(=O)CCC(=O)N[C@@H](c1ccc(Cl)cc1)C(F)(F)F. The maximum absolute atomic E-state index is 13.0. The number of nitrogens with one attached hydrogen (secondary N) is 1. The number of ether oxygens (including phenoxy) is 1. The van der Waals surface area contributed by atoms with Crippen molar-refractivity contribution < 1.29 is 27.5 Å². The van der Waals surface area contributed by atoms with Gasteiger partial charge >= 0.3 is 12.1 Å². The monoisotopic (exact) mass is 323 g/mol. The smallest absolute Gasteiger partial charge is 0.412 e. The van der Waals surface area contributed by atoms with Crippen LogP contribution in [0, 0.1) is 0 Å². The molecule has 1 amide bonds. The molecule has 0 aromatic heterocycles. The Labute approximate surface area is 124 Å². The summed E-state index contributed by atoms with van der Waals surface area (Å²) in [6.45, 7) is 0. The van der Waals surface area contributed by atoms with Gasteiger partial charge in [0.25, 0.3) is 0 Å². The summed E-state index contributed by atoms with van der Waals surface area (Å²) >= 11 is 5.62. The zero-order valence-corrected chi connectivity index (χ0v) is 11.8. The number of halogens is 4. The molecule has 0 bridgehead atoms. The van der Waals surface area contributed by atoms with Crippen LogP contribution in [0.5, 0.6) is 0 Å². The molecule has 0 aliphatic rings. The predicted octanol–water partition coefficient (Wildman–Crippen LogP) is 3.01. The van der Waals surface area contributed by atoms with Crippen LogP contribution in [0.2, 0.25) is 5.02 Å². The molecule has 1 N–H and O–H groups in total. The van der Waals surface area contributed by atoms with Gasteiger partial charge in [-0.3, -0.25) is 9.59 Å². The molecule has 0 heterocycles. The highest BCUT2D eigenvalue weighted by molar-refractivity contribution is 6.30. The van der Waals surface area contributed by atoms with Gasteiger partial charge in [0, 0.05) is 11.4 Å². The maximum Gasteiger partial charge on any atom is 0.412 e. The van der Waals surface area contributed by atoms with Crippen LogP contribution in [-0.4, -0.2) is 25.2 Å². The van der Waals surface area contributed by atoms with Gasteiger partial charge in [-0.25, -0.2) is 0 Å². The number of methoxy groups -OCH3 is 1. The van der Waals surface area contributed by atoms with Crippen molar-refractivity contribution in [1.29, 1.82) is 0 Å². The molecule has 8 heteroatoms. The molecule has 1 rings (SSSR count). The minimum absolute atomic E-state index is 0.140. The molecule has 4 nitrogen and oxygen atoms in total. The van der Waals surface area contributed by atoms with Gasteiger partial charge in [-0.15, -0.1) is 0 Å². The quantitative estimate of drug-likeness (QED) is 0.847. The average Bonchev–Trinajstić information content (AvgIpc) is 2.42. The van der Waals surface area contributed by atoms with Crippen LogP contribution in [0.4, 0.5) is 13.2 Å². The van der Waals surface area contributed by atoms with Crippen molar-refractivity contribution in [3.8, 4) is 0 Å². The molecule has 0 aliphatic carbocycles. The van der Waals surface area contributed by atoms with E-state index >= 15 is 0 Å². The fourth-order valence-electron chi connectivity index (χ4n) is 1.56. The number of carbonyl (C=O) groups is 2. The van der Waals surface area contributed by atoms with Gasteiger partial charge < -0.3 is 10.1 Å². The van der Waals surface area contributed by atoms with Crippen molar-refractivity contribution in [3.05, 3.63) is 34.9 Å². The summed E-state index contributed by atoms with van der Waals surface area (Å²) in [5.41, 5.74) is -0.140. The third kappa shape index (κ3) is 5.63. The Morgan fingerprint density at radius 3 is 2.29 bits per heavy atom. The molecule has 0 saturated carbocycles. The van der Waals surface area contributed by atoms with Gasteiger partial charge in [0.1, 0.15) is 0 Å². The van der Waals surface area contributed by atoms with Gasteiger partial charge in [-0.1, -0.05) is 23.7 Å². The van der Waals surface area contributed by atoms with E-state index in [2.05, 4.69) is 4.74 Å². The topological polar surface area (TPSA) is 55.4 Å². The van der Waals surface area contributed by atoms with Crippen LogP contribution in [0.15, 0.2) is 24.3 Å². The van der Waals surface area contributed by atoms with Crippen molar-refractivity contribution in [2.24, 2.45) is 0 Å². The van der Waals surface area contributed by atoms with Crippen LogP contribution >= 0.6 is 11.6 Å². The second kappa shape index (κ2) is 7.31. The second-order valence-electron chi connectivity index (χ2n) is 4.17. The third-order valence-corrected chi connectivity index (χ3v) is 2.87. The summed E-state index contributed by atoms with van der Waals surface area (Å²) in [7, 11) is 1.13. The Balaban J connectivity index is 2.78. The Morgan fingerprint density at radius 1 is 1.24 bits per heavy atom. The zero-order valence-electron chi connectivity index (χ0n) is 11.0. The summed E-state index contributed by atoms with van der Waals surface area (Å²) in [5.74, 6) is -1.56. The summed E-state index contributed by atoms with van der Waals surface area (Å²) < 4.78 is 43.3. The predicted molar refractivity (Wildman–Crippen MR) is 69.6 cm³/mol. The van der Waals surface area contributed by atoms with Crippen molar-refractivity contribution in [2.75, 3.05) is 7.11 Å². The third-order valence-electron chi connectivity index (χ3n) is 2.62. The van der Waals surface area contributed by atoms with Crippen molar-refractivity contribution >= 4 is 23.5 Å². The van der Waals surface area contributed by atoms with Gasteiger partial charge in [-0.05, 0) is 17.7 Å². The molecule has 0 spiro atoms. The van der Waals surface area contributed by atoms with Crippen molar-refractivity contribution in [2.45, 2.75) is 25.1 Å². The molecule has 1 atom stereocenters. The van der Waals surface area contributed by atoms with Gasteiger partial charge in [0.2, 0.25) is 5.91 Å². The lowest BCUT2D eigenvalue weighted by Gasteiger charge is -2.22. The Morgan fingerprint density at radius 2 is 1.81 bits per heavy atom. The average molecular weight is 324 g/mol. The first-order chi connectivity index (χ1) is 9.74. The molecule has 1 aromatic carbocycles. The van der Waals surface area contributed by atoms with E-state index in [-0.39, 0.29) is 23.4 Å². The van der Waals surface area contributed by atoms with Crippen molar-refractivity contribution in [1.82, 2.24) is 5.32 Å². The fourth-order valence-corrected chi connectivity index (χ4v) is 1.69. The van der Waals surface area contributed by atoms with E-state index in [1.54, 1.807) is 0 Å². The molecular weight excluding hydrogens is 311 g/mol. The molecular formula is C13H13ClF3NO3. The number of amides is 1. The zero-order chi connectivity index (χ0) is 16.0. The van der Waals surface area contributed by atoms with Crippen LogP contribution in [-0.2, 0) is 14.3 Å². The normalized spacial score (nSPS) is 12.6. The fraction of sp³-hybridized carbons (Fsp3) is 0.385. The molecule has 0 unspecified atom stereocenters. The molecule has 0 aliphatic heterocycles. The minimum Gasteiger partial charge on any atom is -0.469 e. The van der Waals surface area contributed by atoms with Gasteiger partial charge in [0.05, 0.1) is 13.5 Å². The summed E-state index contributed by atoms with van der Waals surface area (Å²) in [6.07, 6.45) is -5.32. The number of carbonyl (C=O) groups excluding carboxylic acids is 2. The lowest BCUT2D eigenvalue weighted by Crippen LogP contribution is -2.38.